The van der Waals surface area contributed by atoms with Gasteiger partial charge in [0, 0.05) is 6.04 Å². The van der Waals surface area contributed by atoms with Crippen molar-refractivity contribution in [2.24, 2.45) is 0 Å². The Kier molecular flexibility index (Phi) is 5.64. The van der Waals surface area contributed by atoms with Gasteiger partial charge in [0.1, 0.15) is 11.5 Å². The van der Waals surface area contributed by atoms with Crippen LogP contribution in [0.4, 0.5) is 0 Å². The average Bonchev–Trinajstić information content (AvgIpc) is 2.53. The molecule has 1 atom stereocenters. The Morgan fingerprint density at radius 3 is 2.29 bits per heavy atom. The quantitative estimate of drug-likeness (QED) is 0.815. The van der Waals surface area contributed by atoms with Crippen LogP contribution >= 0.6 is 0 Å². The highest BCUT2D eigenvalue weighted by Gasteiger charge is 2.11. The Bertz CT molecular complexity index is 534. The Morgan fingerprint density at radius 1 is 1.05 bits per heavy atom. The van der Waals surface area contributed by atoms with Crippen LogP contribution in [0.2, 0.25) is 0 Å². The molecule has 0 aliphatic heterocycles. The topological polar surface area (TPSA) is 41.5 Å². The molecule has 0 saturated heterocycles. The minimum absolute atomic E-state index is 0.264. The highest BCUT2D eigenvalue weighted by atomic mass is 16.5. The average molecular weight is 285 g/mol. The maximum absolute atomic E-state index is 9.38. The third kappa shape index (κ3) is 4.50. The van der Waals surface area contributed by atoms with Crippen molar-refractivity contribution in [3.8, 4) is 11.5 Å². The van der Waals surface area contributed by atoms with Crippen molar-refractivity contribution in [2.75, 3.05) is 13.7 Å². The molecule has 0 bridgehead atoms. The molecule has 0 fully saturated rings. The fourth-order valence-corrected chi connectivity index (χ4v) is 2.33. The van der Waals surface area contributed by atoms with Gasteiger partial charge in [0.25, 0.3) is 0 Å². The van der Waals surface area contributed by atoms with E-state index < -0.39 is 0 Å². The van der Waals surface area contributed by atoms with Crippen LogP contribution in [0.25, 0.3) is 0 Å². The molecule has 0 heterocycles. The van der Waals surface area contributed by atoms with Crippen molar-refractivity contribution in [1.29, 1.82) is 0 Å². The van der Waals surface area contributed by atoms with Crippen molar-refractivity contribution < 1.29 is 9.84 Å². The number of hydrogen-bond acceptors (Lipinski definition) is 3. The molecule has 3 nitrogen and oxygen atoms in total. The Hall–Kier alpha value is -2.00. The molecular formula is C18H23NO2. The van der Waals surface area contributed by atoms with E-state index in [2.05, 4.69) is 24.4 Å². The summed E-state index contributed by atoms with van der Waals surface area (Å²) >= 11 is 0. The lowest BCUT2D eigenvalue weighted by Gasteiger charge is -2.19. The van der Waals surface area contributed by atoms with E-state index in [4.69, 9.17) is 4.74 Å². The predicted molar refractivity (Wildman–Crippen MR) is 85.8 cm³/mol. The SMILES string of the molecule is CCCNC(Cc1ccc(O)cc1)c1ccc(OC)cc1. The van der Waals surface area contributed by atoms with Crippen molar-refractivity contribution in [2.45, 2.75) is 25.8 Å². The zero-order chi connectivity index (χ0) is 15.1. The number of aromatic hydroxyl groups is 1. The summed E-state index contributed by atoms with van der Waals surface area (Å²) in [6.07, 6.45) is 1.99. The van der Waals surface area contributed by atoms with Crippen LogP contribution in [0.3, 0.4) is 0 Å². The number of phenolic OH excluding ortho intramolecular Hbond substituents is 1. The molecule has 2 rings (SSSR count). The van der Waals surface area contributed by atoms with Crippen molar-refractivity contribution >= 4 is 0 Å². The Morgan fingerprint density at radius 2 is 1.71 bits per heavy atom. The summed E-state index contributed by atoms with van der Waals surface area (Å²) in [6, 6.07) is 15.9. The highest BCUT2D eigenvalue weighted by molar-refractivity contribution is 5.32. The van der Waals surface area contributed by atoms with Crippen LogP contribution in [0.1, 0.15) is 30.5 Å². The van der Waals surface area contributed by atoms with Gasteiger partial charge in [-0.1, -0.05) is 31.2 Å². The molecule has 3 heteroatoms. The number of rotatable bonds is 7. The zero-order valence-corrected chi connectivity index (χ0v) is 12.7. The molecule has 0 radical (unpaired) electrons. The summed E-state index contributed by atoms with van der Waals surface area (Å²) < 4.78 is 5.21. The third-order valence-corrected chi connectivity index (χ3v) is 3.54. The Labute approximate surface area is 126 Å². The van der Waals surface area contributed by atoms with E-state index in [0.717, 1.165) is 25.1 Å². The number of nitrogens with one attached hydrogen (secondary N) is 1. The normalized spacial score (nSPS) is 12.1. The largest absolute Gasteiger partial charge is 0.508 e. The summed E-state index contributed by atoms with van der Waals surface area (Å²) in [5.41, 5.74) is 2.45. The van der Waals surface area contributed by atoms with E-state index in [1.165, 1.54) is 11.1 Å². The van der Waals surface area contributed by atoms with E-state index in [0.29, 0.717) is 5.75 Å². The number of phenols is 1. The first-order valence-electron chi connectivity index (χ1n) is 7.38. The monoisotopic (exact) mass is 285 g/mol. The molecule has 2 aromatic rings. The van der Waals surface area contributed by atoms with Crippen LogP contribution in [0.5, 0.6) is 11.5 Å². The van der Waals surface area contributed by atoms with Gasteiger partial charge in [-0.25, -0.2) is 0 Å². The van der Waals surface area contributed by atoms with E-state index in [1.54, 1.807) is 19.2 Å². The van der Waals surface area contributed by atoms with Crippen LogP contribution in [-0.4, -0.2) is 18.8 Å². The third-order valence-electron chi connectivity index (χ3n) is 3.54. The second kappa shape index (κ2) is 7.70. The molecule has 21 heavy (non-hydrogen) atoms. The second-order valence-corrected chi connectivity index (χ2v) is 5.15. The number of methoxy groups -OCH3 is 1. The summed E-state index contributed by atoms with van der Waals surface area (Å²) in [6.45, 7) is 3.15. The lowest BCUT2D eigenvalue weighted by atomic mass is 9.98. The molecule has 0 saturated carbocycles. The molecule has 112 valence electrons. The standard InChI is InChI=1S/C18H23NO2/c1-3-12-19-18(13-14-4-8-16(20)9-5-14)15-6-10-17(21-2)11-7-15/h4-11,18-20H,3,12-13H2,1-2H3. The van der Waals surface area contributed by atoms with Gasteiger partial charge in [-0.15, -0.1) is 0 Å². The lowest BCUT2D eigenvalue weighted by molar-refractivity contribution is 0.414. The molecule has 0 aromatic heterocycles. The molecule has 2 N–H and O–H groups in total. The predicted octanol–water partition coefficient (Wildman–Crippen LogP) is 3.68. The van der Waals surface area contributed by atoms with Gasteiger partial charge in [0.2, 0.25) is 0 Å². The van der Waals surface area contributed by atoms with E-state index in [1.807, 2.05) is 24.3 Å². The minimum atomic E-state index is 0.264. The minimum Gasteiger partial charge on any atom is -0.508 e. The van der Waals surface area contributed by atoms with Gasteiger partial charge in [0.15, 0.2) is 0 Å². The molecular weight excluding hydrogens is 262 g/mol. The molecule has 0 aliphatic carbocycles. The molecule has 2 aromatic carbocycles. The summed E-state index contributed by atoms with van der Waals surface area (Å²) in [4.78, 5) is 0. The maximum Gasteiger partial charge on any atom is 0.118 e. The lowest BCUT2D eigenvalue weighted by Crippen LogP contribution is -2.24. The fraction of sp³-hybridized carbons (Fsp3) is 0.333. The number of benzene rings is 2. The van der Waals surface area contributed by atoms with Gasteiger partial charge in [-0.05, 0) is 54.8 Å². The molecule has 0 aliphatic rings. The van der Waals surface area contributed by atoms with Crippen LogP contribution < -0.4 is 10.1 Å². The summed E-state index contributed by atoms with van der Waals surface area (Å²) in [7, 11) is 1.68. The zero-order valence-electron chi connectivity index (χ0n) is 12.7. The first kappa shape index (κ1) is 15.4. The molecule has 1 unspecified atom stereocenters. The first-order chi connectivity index (χ1) is 10.2. The van der Waals surface area contributed by atoms with Crippen LogP contribution in [0, 0.1) is 0 Å². The van der Waals surface area contributed by atoms with Crippen molar-refractivity contribution in [3.63, 3.8) is 0 Å². The fourth-order valence-electron chi connectivity index (χ4n) is 2.33. The number of hydrogen-bond donors (Lipinski definition) is 2. The van der Waals surface area contributed by atoms with E-state index >= 15 is 0 Å². The van der Waals surface area contributed by atoms with Gasteiger partial charge in [0.05, 0.1) is 7.11 Å². The smallest absolute Gasteiger partial charge is 0.118 e. The van der Waals surface area contributed by atoms with E-state index in [-0.39, 0.29) is 6.04 Å². The van der Waals surface area contributed by atoms with Gasteiger partial charge in [-0.2, -0.15) is 0 Å². The maximum atomic E-state index is 9.38. The summed E-state index contributed by atoms with van der Waals surface area (Å²) in [5, 5.41) is 13.0. The van der Waals surface area contributed by atoms with Gasteiger partial charge < -0.3 is 15.2 Å². The summed E-state index contributed by atoms with van der Waals surface area (Å²) in [5.74, 6) is 1.18. The number of ether oxygens (including phenoxy) is 1. The van der Waals surface area contributed by atoms with E-state index in [9.17, 15) is 5.11 Å². The van der Waals surface area contributed by atoms with Crippen LogP contribution in [0.15, 0.2) is 48.5 Å². The van der Waals surface area contributed by atoms with Crippen molar-refractivity contribution in [3.05, 3.63) is 59.7 Å². The van der Waals surface area contributed by atoms with Gasteiger partial charge >= 0.3 is 0 Å². The van der Waals surface area contributed by atoms with Crippen LogP contribution in [-0.2, 0) is 6.42 Å². The van der Waals surface area contributed by atoms with Gasteiger partial charge in [-0.3, -0.25) is 0 Å². The first-order valence-corrected chi connectivity index (χ1v) is 7.38. The second-order valence-electron chi connectivity index (χ2n) is 5.15. The highest BCUT2D eigenvalue weighted by Crippen LogP contribution is 2.22. The van der Waals surface area contributed by atoms with Crippen molar-refractivity contribution in [1.82, 2.24) is 5.32 Å². The molecule has 0 spiro atoms. The molecule has 0 amide bonds. The Balaban J connectivity index is 2.14.